The van der Waals surface area contributed by atoms with Crippen LogP contribution in [0.2, 0.25) is 0 Å². The van der Waals surface area contributed by atoms with Gasteiger partial charge in [0.05, 0.1) is 6.04 Å². The van der Waals surface area contributed by atoms with Crippen LogP contribution in [0, 0.1) is 22.7 Å². The van der Waals surface area contributed by atoms with Crippen LogP contribution in [0.25, 0.3) is 10.3 Å². The van der Waals surface area contributed by atoms with Crippen molar-refractivity contribution < 1.29 is 37.1 Å². The van der Waals surface area contributed by atoms with Gasteiger partial charge in [-0.15, -0.1) is 0 Å². The van der Waals surface area contributed by atoms with Crippen LogP contribution < -0.4 is 16.0 Å². The van der Waals surface area contributed by atoms with Crippen LogP contribution >= 0.6 is 11.3 Å². The molecule has 6 rings (SSSR count). The first-order valence-corrected chi connectivity index (χ1v) is 15.9. The lowest BCUT2D eigenvalue weighted by Crippen LogP contribution is -2.63. The van der Waals surface area contributed by atoms with Crippen molar-refractivity contribution >= 4 is 51.1 Å². The van der Waals surface area contributed by atoms with E-state index in [0.717, 1.165) is 24.2 Å². The van der Waals surface area contributed by atoms with E-state index in [2.05, 4.69) is 20.6 Å². The Morgan fingerprint density at radius 1 is 1.18 bits per heavy atom. The molecule has 3 N–H and O–H groups in total. The van der Waals surface area contributed by atoms with Crippen molar-refractivity contribution in [3.8, 4) is 0 Å². The molecule has 45 heavy (non-hydrogen) atoms. The third-order valence-corrected chi connectivity index (χ3v) is 10.8. The predicted octanol–water partition coefficient (Wildman–Crippen LogP) is 2.75. The van der Waals surface area contributed by atoms with Crippen molar-refractivity contribution in [3.05, 3.63) is 23.3 Å². The molecule has 0 aromatic carbocycles. The van der Waals surface area contributed by atoms with E-state index in [1.165, 1.54) is 4.90 Å². The number of nitrogens with zero attached hydrogens (tertiary/aromatic N) is 3. The number of carbonyl (C=O) groups excluding carboxylic acids is 5. The fraction of sp³-hybridized carbons (Fsp3) is 0.633. The average Bonchev–Trinajstić information content (AvgIpc) is 3.32. The van der Waals surface area contributed by atoms with Gasteiger partial charge in [0.15, 0.2) is 5.01 Å². The number of pyridine rings is 1. The van der Waals surface area contributed by atoms with E-state index in [1.807, 2.05) is 5.32 Å². The van der Waals surface area contributed by atoms with Gasteiger partial charge in [0.25, 0.3) is 0 Å². The number of nitrogens with one attached hydrogen (secondary N) is 3. The molecule has 6 atom stereocenters. The highest BCUT2D eigenvalue weighted by Gasteiger charge is 2.67. The largest absolute Gasteiger partial charge is 0.471 e. The maximum absolute atomic E-state index is 14.2. The number of Topliss-reactive ketones (excluding diaryl/α,β-unsaturated/α-hetero) is 1. The third-order valence-electron chi connectivity index (χ3n) is 9.78. The first-order valence-electron chi connectivity index (χ1n) is 15.1. The number of aromatic nitrogens is 2. The number of carbonyl (C=O) groups is 5. The zero-order valence-electron chi connectivity index (χ0n) is 25.1. The Morgan fingerprint density at radius 3 is 2.51 bits per heavy atom. The van der Waals surface area contributed by atoms with E-state index >= 15 is 0 Å². The molecule has 2 aliphatic heterocycles. The van der Waals surface area contributed by atoms with E-state index in [4.69, 9.17) is 0 Å². The summed E-state index contributed by atoms with van der Waals surface area (Å²) < 4.78 is 39.8. The summed E-state index contributed by atoms with van der Waals surface area (Å²) in [6.07, 6.45) is -0.249. The topological polar surface area (TPSA) is 150 Å². The Morgan fingerprint density at radius 2 is 1.91 bits per heavy atom. The van der Waals surface area contributed by atoms with E-state index < -0.39 is 65.2 Å². The van der Waals surface area contributed by atoms with E-state index in [9.17, 15) is 37.1 Å². The van der Waals surface area contributed by atoms with Gasteiger partial charge in [0.1, 0.15) is 22.4 Å². The molecule has 15 heteroatoms. The number of amides is 4. The number of hydrogen-bond acceptors (Lipinski definition) is 8. The molecule has 2 bridgehead atoms. The molecule has 11 nitrogen and oxygen atoms in total. The quantitative estimate of drug-likeness (QED) is 0.373. The standard InChI is InChI=1S/C30H35F3N6O5S/c1-28(2,3)21(38-27(44)30(31,32)33)26(43)39-15-12-16(29(13-15)7-8-29)19(39)23(42)36-18(11-14-6-10-34-22(14)41)20(40)25-37-17-5-4-9-35-24(17)45-25/h4-5,9,14-16,18-19,21H,6-8,10-13H2,1-3H3,(H,34,41)(H,36,42)(H,38,44)/t14-,15-,16-,18-,19-,21+/m0/s1. The van der Waals surface area contributed by atoms with E-state index in [0.29, 0.717) is 36.2 Å². The Labute approximate surface area is 261 Å². The highest BCUT2D eigenvalue weighted by Crippen LogP contribution is 2.67. The summed E-state index contributed by atoms with van der Waals surface area (Å²) >= 11 is 1.07. The van der Waals surface area contributed by atoms with Gasteiger partial charge >= 0.3 is 12.1 Å². The minimum absolute atomic E-state index is 0.0198. The van der Waals surface area contributed by atoms with Crippen molar-refractivity contribution in [1.29, 1.82) is 0 Å². The first-order chi connectivity index (χ1) is 21.1. The van der Waals surface area contributed by atoms with Crippen LogP contribution in [0.1, 0.15) is 69.1 Å². The van der Waals surface area contributed by atoms with Gasteiger partial charge in [0.2, 0.25) is 23.5 Å². The molecule has 4 heterocycles. The number of alkyl halides is 3. The molecule has 242 valence electrons. The lowest BCUT2D eigenvalue weighted by molar-refractivity contribution is -0.176. The molecule has 4 aliphatic rings. The second kappa shape index (κ2) is 11.0. The number of likely N-dealkylation sites (tertiary alicyclic amines) is 1. The second-order valence-electron chi connectivity index (χ2n) is 13.8. The predicted molar refractivity (Wildman–Crippen MR) is 156 cm³/mol. The average molecular weight is 649 g/mol. The Hall–Kier alpha value is -3.62. The number of rotatable bonds is 8. The molecule has 1 spiro atoms. The first kappa shape index (κ1) is 31.4. The summed E-state index contributed by atoms with van der Waals surface area (Å²) in [5.74, 6) is -5.09. The van der Waals surface area contributed by atoms with Gasteiger partial charge in [-0.2, -0.15) is 13.2 Å². The molecule has 2 aliphatic carbocycles. The fourth-order valence-electron chi connectivity index (χ4n) is 7.38. The number of fused-ring (bicyclic) bond motifs is 4. The number of piperidine rings is 1. The molecule has 2 aromatic rings. The van der Waals surface area contributed by atoms with Gasteiger partial charge in [-0.25, -0.2) is 9.97 Å². The van der Waals surface area contributed by atoms with Gasteiger partial charge in [-0.05, 0) is 67.4 Å². The minimum atomic E-state index is -5.20. The highest BCUT2D eigenvalue weighted by atomic mass is 32.1. The molecule has 0 unspecified atom stereocenters. The number of halogens is 3. The van der Waals surface area contributed by atoms with Gasteiger partial charge in [-0.3, -0.25) is 24.0 Å². The molecule has 2 aromatic heterocycles. The van der Waals surface area contributed by atoms with Crippen LogP contribution in [0.5, 0.6) is 0 Å². The third kappa shape index (κ3) is 5.79. The van der Waals surface area contributed by atoms with Crippen molar-refractivity contribution in [3.63, 3.8) is 0 Å². The summed E-state index contributed by atoms with van der Waals surface area (Å²) in [5, 5.41) is 7.59. The Balaban J connectivity index is 1.30. The maximum atomic E-state index is 14.2. The van der Waals surface area contributed by atoms with Gasteiger partial charge in [-0.1, -0.05) is 32.1 Å². The summed E-state index contributed by atoms with van der Waals surface area (Å²) in [6.45, 7) is 5.09. The minimum Gasteiger partial charge on any atom is -0.356 e. The SMILES string of the molecule is CC(C)(C)[C@H](NC(=O)C(F)(F)F)C(=O)N1[C@H]2C[C@@H]([C@H]1C(=O)N[C@@H](C[C@@H]1CCNC1=O)C(=O)c1nc3cccnc3s1)C1(CC1)C2. The summed E-state index contributed by atoms with van der Waals surface area (Å²) in [4.78, 5) is 77.2. The summed E-state index contributed by atoms with van der Waals surface area (Å²) in [6, 6.07) is -0.720. The van der Waals surface area contributed by atoms with Crippen LogP contribution in [0.4, 0.5) is 13.2 Å². The second-order valence-corrected chi connectivity index (χ2v) is 14.8. The van der Waals surface area contributed by atoms with Crippen molar-refractivity contribution in [2.45, 2.75) is 89.6 Å². The Kier molecular flexibility index (Phi) is 7.68. The monoisotopic (exact) mass is 648 g/mol. The molecular formula is C30H35F3N6O5S. The van der Waals surface area contributed by atoms with Gasteiger partial charge in [0, 0.05) is 24.7 Å². The molecule has 2 saturated heterocycles. The molecule has 4 fully saturated rings. The molecule has 0 radical (unpaired) electrons. The number of ketones is 1. The molecule has 4 amide bonds. The molecular weight excluding hydrogens is 613 g/mol. The zero-order chi connectivity index (χ0) is 32.5. The van der Waals surface area contributed by atoms with Crippen molar-refractivity contribution in [2.24, 2.45) is 22.7 Å². The lowest BCUT2D eigenvalue weighted by atomic mass is 9.81. The zero-order valence-corrected chi connectivity index (χ0v) is 25.9. The normalized spacial score (nSPS) is 26.5. The van der Waals surface area contributed by atoms with Crippen LogP contribution in [-0.2, 0) is 19.2 Å². The molecule has 2 saturated carbocycles. The Bertz CT molecular complexity index is 1530. The lowest BCUT2D eigenvalue weighted by Gasteiger charge is -2.42. The summed E-state index contributed by atoms with van der Waals surface area (Å²) in [7, 11) is 0. The summed E-state index contributed by atoms with van der Waals surface area (Å²) in [5.41, 5.74) is -0.725. The number of thiazole rings is 1. The van der Waals surface area contributed by atoms with E-state index in [-0.39, 0.29) is 28.7 Å². The van der Waals surface area contributed by atoms with Crippen LogP contribution in [0.3, 0.4) is 0 Å². The number of hydrogen-bond donors (Lipinski definition) is 3. The van der Waals surface area contributed by atoms with Crippen LogP contribution in [0.15, 0.2) is 18.3 Å². The fourth-order valence-corrected chi connectivity index (χ4v) is 8.29. The van der Waals surface area contributed by atoms with Gasteiger partial charge < -0.3 is 20.9 Å². The van der Waals surface area contributed by atoms with Crippen molar-refractivity contribution in [2.75, 3.05) is 6.54 Å². The highest BCUT2D eigenvalue weighted by molar-refractivity contribution is 7.19. The van der Waals surface area contributed by atoms with E-state index in [1.54, 1.807) is 39.1 Å². The van der Waals surface area contributed by atoms with Crippen molar-refractivity contribution in [1.82, 2.24) is 30.8 Å². The van der Waals surface area contributed by atoms with Crippen LogP contribution in [-0.4, -0.2) is 81.2 Å². The smallest absolute Gasteiger partial charge is 0.356 e. The maximum Gasteiger partial charge on any atom is 0.471 e.